The fourth-order valence-corrected chi connectivity index (χ4v) is 3.47. The average Bonchev–Trinajstić information content (AvgIpc) is 2.74. The molecule has 36 heavy (non-hydrogen) atoms. The minimum atomic E-state index is -3.86. The van der Waals surface area contributed by atoms with Crippen molar-refractivity contribution in [3.63, 3.8) is 0 Å². The van der Waals surface area contributed by atoms with Crippen molar-refractivity contribution in [3.05, 3.63) is 0 Å². The molecule has 0 aromatic heterocycles. The third-order valence-corrected chi connectivity index (χ3v) is 4.67. The number of nitrogens with two attached hydrogens (primary N) is 2. The van der Waals surface area contributed by atoms with Crippen LogP contribution in [0, 0.1) is 0 Å². The van der Waals surface area contributed by atoms with E-state index in [1.165, 1.54) is 6.92 Å². The Morgan fingerprint density at radius 3 is 2.06 bits per heavy atom. The Kier molecular flexibility index (Phi) is 11.0. The zero-order chi connectivity index (χ0) is 27.8. The first-order valence-electron chi connectivity index (χ1n) is 10.7. The Hall–Kier alpha value is -3.56. The van der Waals surface area contributed by atoms with Gasteiger partial charge >= 0.3 is 29.7 Å². The van der Waals surface area contributed by atoms with Crippen LogP contribution in [0.3, 0.4) is 0 Å². The van der Waals surface area contributed by atoms with E-state index in [1.807, 2.05) is 0 Å². The molecule has 0 spiro atoms. The van der Waals surface area contributed by atoms with Crippen molar-refractivity contribution in [1.29, 1.82) is 0 Å². The quantitative estimate of drug-likeness (QED) is 0.129. The summed E-state index contributed by atoms with van der Waals surface area (Å²) in [5, 5.41) is 2.27. The van der Waals surface area contributed by atoms with Gasteiger partial charge in [0.05, 0.1) is 12.6 Å². The first-order valence-corrected chi connectivity index (χ1v) is 10.7. The molecule has 1 fully saturated rings. The minimum Gasteiger partial charge on any atom is -0.462 e. The minimum absolute atomic E-state index is 0.372. The summed E-state index contributed by atoms with van der Waals surface area (Å²) >= 11 is 0. The number of rotatable bonds is 10. The third kappa shape index (κ3) is 8.00. The molecule has 0 radical (unpaired) electrons. The molecule has 1 rings (SSSR count). The number of amides is 1. The van der Waals surface area contributed by atoms with Crippen molar-refractivity contribution < 1.29 is 56.4 Å². The molecule has 1 amide bonds. The normalized spacial score (nSPS) is 27.0. The van der Waals surface area contributed by atoms with E-state index in [4.69, 9.17) is 30.4 Å². The second-order valence-electron chi connectivity index (χ2n) is 7.65. The van der Waals surface area contributed by atoms with Crippen molar-refractivity contribution in [2.45, 2.75) is 77.0 Å². The Morgan fingerprint density at radius 2 is 1.61 bits per heavy atom. The van der Waals surface area contributed by atoms with Gasteiger partial charge in [0.1, 0.15) is 18.8 Å². The van der Waals surface area contributed by atoms with Crippen LogP contribution in [0.1, 0.15) is 34.6 Å². The maximum absolute atomic E-state index is 15.9. The molecule has 16 heteroatoms. The van der Waals surface area contributed by atoms with Gasteiger partial charge in [-0.3, -0.25) is 19.2 Å². The molecule has 1 aliphatic rings. The van der Waals surface area contributed by atoms with Crippen molar-refractivity contribution in [2.24, 2.45) is 16.5 Å². The van der Waals surface area contributed by atoms with E-state index in [0.29, 0.717) is 0 Å². The molecule has 14 nitrogen and oxygen atoms in total. The van der Waals surface area contributed by atoms with Gasteiger partial charge in [-0.2, -0.15) is 4.39 Å². The molecule has 0 unspecified atom stereocenters. The summed E-state index contributed by atoms with van der Waals surface area (Å²) in [7, 11) is 0. The van der Waals surface area contributed by atoms with Crippen molar-refractivity contribution >= 4 is 35.7 Å². The topological polar surface area (TPSA) is 208 Å². The van der Waals surface area contributed by atoms with Crippen molar-refractivity contribution in [1.82, 2.24) is 5.32 Å². The van der Waals surface area contributed by atoms with E-state index >= 15 is 8.78 Å². The summed E-state index contributed by atoms with van der Waals surface area (Å²) in [6, 6.07) is -3.71. The van der Waals surface area contributed by atoms with Crippen LogP contribution in [0.15, 0.2) is 4.99 Å². The maximum Gasteiger partial charge on any atom is 0.375 e. The molecule has 204 valence electrons. The second-order valence-corrected chi connectivity index (χ2v) is 7.65. The predicted octanol–water partition coefficient (Wildman–Crippen LogP) is -1.47. The zero-order valence-corrected chi connectivity index (χ0v) is 20.3. The van der Waals surface area contributed by atoms with E-state index in [1.54, 1.807) is 0 Å². The number of aliphatic imine (C=N–C) groups is 1. The predicted molar refractivity (Wildman–Crippen MR) is 115 cm³/mol. The number of hydrogen-bond acceptors (Lipinski definition) is 11. The highest BCUT2D eigenvalue weighted by Crippen LogP contribution is 2.39. The third-order valence-electron chi connectivity index (χ3n) is 4.67. The number of carbonyl (C=O) groups is 5. The molecule has 0 aromatic carbocycles. The standard InChI is InChI=1S/C20H30F2N4O10/c1-6-32-18(31)20(22)17(21)14(26-19(23)24)13(25-8(2)27)16(36-20)15(35-11(5)30)12(34-10(4)29)7-33-9(3)28/h12-17H,6-7H2,1-5H3,(H,25,27)(H4,23,24,26)/t12-,13+,14+,15-,16+,17+,20+/m0/s1. The zero-order valence-electron chi connectivity index (χ0n) is 20.3. The number of guanidine groups is 1. The van der Waals surface area contributed by atoms with Gasteiger partial charge in [0.2, 0.25) is 5.91 Å². The fraction of sp³-hybridized carbons (Fsp3) is 0.700. The molecule has 1 saturated heterocycles. The molecule has 0 bridgehead atoms. The number of carbonyl (C=O) groups excluding carboxylic acids is 5. The maximum atomic E-state index is 15.9. The molecule has 1 aliphatic heterocycles. The van der Waals surface area contributed by atoms with Gasteiger partial charge in [0.25, 0.3) is 0 Å². The van der Waals surface area contributed by atoms with Crippen LogP contribution in [0.2, 0.25) is 0 Å². The van der Waals surface area contributed by atoms with Crippen LogP contribution < -0.4 is 16.8 Å². The number of hydrogen-bond donors (Lipinski definition) is 3. The molecule has 0 aromatic rings. The monoisotopic (exact) mass is 524 g/mol. The largest absolute Gasteiger partial charge is 0.462 e. The van der Waals surface area contributed by atoms with Gasteiger partial charge in [-0.25, -0.2) is 14.2 Å². The van der Waals surface area contributed by atoms with Crippen LogP contribution in [-0.4, -0.2) is 91.4 Å². The molecular weight excluding hydrogens is 494 g/mol. The van der Waals surface area contributed by atoms with Crippen molar-refractivity contribution in [3.8, 4) is 0 Å². The summed E-state index contributed by atoms with van der Waals surface area (Å²) in [4.78, 5) is 63.0. The number of nitrogens with one attached hydrogen (secondary N) is 1. The summed E-state index contributed by atoms with van der Waals surface area (Å²) in [6.07, 6.45) is -8.45. The Morgan fingerprint density at radius 1 is 1.03 bits per heavy atom. The highest BCUT2D eigenvalue weighted by atomic mass is 19.2. The van der Waals surface area contributed by atoms with Gasteiger partial charge < -0.3 is 40.5 Å². The fourth-order valence-electron chi connectivity index (χ4n) is 3.47. The summed E-state index contributed by atoms with van der Waals surface area (Å²) in [5.74, 6) is -10.0. The molecule has 0 saturated carbocycles. The molecule has 5 N–H and O–H groups in total. The smallest absolute Gasteiger partial charge is 0.375 e. The van der Waals surface area contributed by atoms with Crippen LogP contribution in [0.5, 0.6) is 0 Å². The van der Waals surface area contributed by atoms with Gasteiger partial charge in [-0.1, -0.05) is 0 Å². The van der Waals surface area contributed by atoms with E-state index in [2.05, 4.69) is 15.0 Å². The Balaban J connectivity index is 3.79. The van der Waals surface area contributed by atoms with E-state index in [9.17, 15) is 24.0 Å². The van der Waals surface area contributed by atoms with Crippen molar-refractivity contribution in [2.75, 3.05) is 13.2 Å². The summed E-state index contributed by atoms with van der Waals surface area (Å²) in [5.41, 5.74) is 10.7. The first kappa shape index (κ1) is 30.5. The van der Waals surface area contributed by atoms with Crippen LogP contribution in [0.4, 0.5) is 8.78 Å². The molecule has 0 aliphatic carbocycles. The highest BCUT2D eigenvalue weighted by Gasteiger charge is 2.64. The van der Waals surface area contributed by atoms with Gasteiger partial charge in [0, 0.05) is 27.7 Å². The summed E-state index contributed by atoms with van der Waals surface area (Å²) < 4.78 is 56.2. The van der Waals surface area contributed by atoms with Crippen LogP contribution in [-0.2, 0) is 47.7 Å². The lowest BCUT2D eigenvalue weighted by Crippen LogP contribution is -2.71. The highest BCUT2D eigenvalue weighted by molar-refractivity contribution is 5.80. The van der Waals surface area contributed by atoms with E-state index in [-0.39, 0.29) is 6.61 Å². The van der Waals surface area contributed by atoms with E-state index in [0.717, 1.165) is 27.7 Å². The lowest BCUT2D eigenvalue weighted by Gasteiger charge is -2.47. The molecular formula is C20H30F2N4O10. The van der Waals surface area contributed by atoms with Crippen LogP contribution >= 0.6 is 0 Å². The van der Waals surface area contributed by atoms with Crippen LogP contribution in [0.25, 0.3) is 0 Å². The van der Waals surface area contributed by atoms with Gasteiger partial charge in [-0.05, 0) is 6.92 Å². The average molecular weight is 524 g/mol. The Bertz CT molecular complexity index is 885. The number of nitrogens with zero attached hydrogens (tertiary/aromatic N) is 1. The SMILES string of the molecule is CCOC(=O)[C@]1(F)O[C@@H]([C@@H](OC(C)=O)[C@H](COC(C)=O)OC(C)=O)[C@H](NC(C)=O)[C@@H](N=C(N)N)[C@H]1F. The van der Waals surface area contributed by atoms with E-state index < -0.39 is 84.8 Å². The number of ether oxygens (including phenoxy) is 5. The summed E-state index contributed by atoms with van der Waals surface area (Å²) in [6.45, 7) is 4.16. The lowest BCUT2D eigenvalue weighted by molar-refractivity contribution is -0.281. The number of alkyl halides is 2. The molecule has 7 atom stereocenters. The molecule has 1 heterocycles. The first-order chi connectivity index (χ1) is 16.6. The van der Waals surface area contributed by atoms with Gasteiger partial charge in [-0.15, -0.1) is 0 Å². The number of halogens is 2. The lowest BCUT2D eigenvalue weighted by atomic mass is 9.86. The Labute approximate surface area is 204 Å². The second kappa shape index (κ2) is 12.9. The number of esters is 4. The van der Waals surface area contributed by atoms with Gasteiger partial charge in [0.15, 0.2) is 24.3 Å².